The van der Waals surface area contributed by atoms with E-state index in [0.717, 1.165) is 38.5 Å². The minimum absolute atomic E-state index is 0.0324. The minimum atomic E-state index is -1.74. The van der Waals surface area contributed by atoms with Crippen molar-refractivity contribution in [2.24, 2.45) is 51.8 Å². The van der Waals surface area contributed by atoms with E-state index in [1.54, 1.807) is 0 Å². The van der Waals surface area contributed by atoms with Gasteiger partial charge in [0.1, 0.15) is 48.8 Å². The molecule has 54 heavy (non-hydrogen) atoms. The highest BCUT2D eigenvalue weighted by Gasteiger charge is 2.68. The second-order valence-electron chi connectivity index (χ2n) is 19.3. The molecule has 8 N–H and O–H groups in total. The fourth-order valence-corrected chi connectivity index (χ4v) is 12.9. The van der Waals surface area contributed by atoms with E-state index in [1.165, 1.54) is 11.1 Å². The Kier molecular flexibility index (Phi) is 12.6. The van der Waals surface area contributed by atoms with Gasteiger partial charge in [-0.3, -0.25) is 0 Å². The first-order valence-electron chi connectivity index (χ1n) is 20.5. The van der Waals surface area contributed by atoms with Crippen LogP contribution in [0.4, 0.5) is 0 Å². The Morgan fingerprint density at radius 3 is 1.94 bits per heavy atom. The number of ether oxygens (including phenoxy) is 4. The van der Waals surface area contributed by atoms with Gasteiger partial charge in [0.05, 0.1) is 25.4 Å². The number of allylic oxidation sites excluding steroid dienone is 4. The summed E-state index contributed by atoms with van der Waals surface area (Å²) in [7, 11) is 0. The molecule has 4 aliphatic carbocycles. The van der Waals surface area contributed by atoms with Gasteiger partial charge in [-0.15, -0.1) is 0 Å². The molecule has 6 rings (SSSR count). The zero-order valence-electron chi connectivity index (χ0n) is 33.6. The van der Waals surface area contributed by atoms with Crippen LogP contribution in [0.2, 0.25) is 0 Å². The van der Waals surface area contributed by atoms with Crippen LogP contribution in [0.1, 0.15) is 100 Å². The molecule has 310 valence electrons. The molecule has 0 amide bonds. The molecule has 0 spiro atoms. The molecule has 0 bridgehead atoms. The predicted molar refractivity (Wildman–Crippen MR) is 199 cm³/mol. The van der Waals surface area contributed by atoms with Crippen LogP contribution in [0, 0.1) is 51.8 Å². The monoisotopic (exact) mass is 766 g/mol. The van der Waals surface area contributed by atoms with Crippen molar-refractivity contribution in [3.63, 3.8) is 0 Å². The van der Waals surface area contributed by atoms with Crippen LogP contribution in [0.3, 0.4) is 0 Å². The van der Waals surface area contributed by atoms with Crippen molar-refractivity contribution < 1.29 is 59.8 Å². The van der Waals surface area contributed by atoms with E-state index in [0.29, 0.717) is 30.1 Å². The van der Waals surface area contributed by atoms with E-state index in [1.807, 2.05) is 0 Å². The van der Waals surface area contributed by atoms with Crippen molar-refractivity contribution in [2.45, 2.75) is 174 Å². The van der Waals surface area contributed by atoms with Gasteiger partial charge in [0, 0.05) is 0 Å². The molecule has 12 heteroatoms. The quantitative estimate of drug-likeness (QED) is 0.126. The Morgan fingerprint density at radius 1 is 0.704 bits per heavy atom. The molecule has 6 aliphatic rings. The lowest BCUT2D eigenvalue weighted by atomic mass is 9.38. The maximum Gasteiger partial charge on any atom is 0.187 e. The smallest absolute Gasteiger partial charge is 0.187 e. The number of aliphatic hydroxyl groups excluding tert-OH is 8. The zero-order chi connectivity index (χ0) is 39.7. The average Bonchev–Trinajstić information content (AvgIpc) is 3.48. The van der Waals surface area contributed by atoms with Crippen LogP contribution >= 0.6 is 0 Å². The third kappa shape index (κ3) is 7.21. The first kappa shape index (κ1) is 42.6. The summed E-state index contributed by atoms with van der Waals surface area (Å²) >= 11 is 0. The minimum Gasteiger partial charge on any atom is -0.394 e. The van der Waals surface area contributed by atoms with Crippen LogP contribution in [0.25, 0.3) is 0 Å². The lowest BCUT2D eigenvalue weighted by molar-refractivity contribution is -0.378. The molecule has 2 saturated heterocycles. The number of aliphatic hydroxyl groups is 8. The summed E-state index contributed by atoms with van der Waals surface area (Å²) in [5, 5.41) is 85.4. The summed E-state index contributed by atoms with van der Waals surface area (Å²) in [6, 6.07) is 0. The summed E-state index contributed by atoms with van der Waals surface area (Å²) in [5.41, 5.74) is 2.29. The highest BCUT2D eigenvalue weighted by atomic mass is 16.8. The van der Waals surface area contributed by atoms with Gasteiger partial charge in [-0.2, -0.15) is 0 Å². The molecule has 7 unspecified atom stereocenters. The summed E-state index contributed by atoms with van der Waals surface area (Å²) in [6.45, 7) is 17.0. The van der Waals surface area contributed by atoms with Crippen molar-refractivity contribution in [2.75, 3.05) is 13.2 Å². The standard InChI is InChI=1S/C42H70O12/c1-20(2)10-9-11-21(3)23-12-14-42(8)30-22(4)16-28-40(5,6)29(13-15-41(28,7)24(30)17-25(45)31(23)42)53-39-37(35(49)33(47)27(19-44)52-39)54-38-36(50)34(48)32(46)26(18-43)51-38/h10-11,22-39,43-50H,9,12-19H2,1-8H3/b21-11+/t22?,23?,24?,25-,26+,27+,28?,29?,30?,31?,32+,33+,34-,35-,36+,37+,38-,39-,41+,42+/m0/s1. The Balaban J connectivity index is 1.23. The first-order valence-corrected chi connectivity index (χ1v) is 20.5. The maximum atomic E-state index is 12.1. The first-order chi connectivity index (χ1) is 25.3. The molecular weight excluding hydrogens is 696 g/mol. The van der Waals surface area contributed by atoms with E-state index in [9.17, 15) is 40.9 Å². The van der Waals surface area contributed by atoms with Gasteiger partial charge in [-0.05, 0) is 117 Å². The van der Waals surface area contributed by atoms with Crippen LogP contribution in [0.15, 0.2) is 23.3 Å². The lowest BCUT2D eigenvalue weighted by Gasteiger charge is -2.68. The number of hydrogen-bond acceptors (Lipinski definition) is 12. The molecule has 12 nitrogen and oxygen atoms in total. The van der Waals surface area contributed by atoms with Crippen LogP contribution in [0.5, 0.6) is 0 Å². The molecule has 4 saturated carbocycles. The SMILES string of the molecule is CC(C)=CC/C=C(\C)C1CC[C@]2(C)C3C(C)CC4C(C)(C)C(O[C@@H]5O[C@H](CO)[C@@H](O)[C@H](O)[C@H]5O[C@@H]5O[C@H](CO)[C@@H](O)[C@H](O)[C@H]5O)CC[C@]4(C)C3C[C@H](O)C12. The third-order valence-corrected chi connectivity index (χ3v) is 15.6. The normalized spacial score (nSPS) is 51.9. The molecule has 6 fully saturated rings. The van der Waals surface area contributed by atoms with Gasteiger partial charge in [0.25, 0.3) is 0 Å². The Bertz CT molecular complexity index is 1360. The van der Waals surface area contributed by atoms with Crippen molar-refractivity contribution in [1.29, 1.82) is 0 Å². The molecule has 0 radical (unpaired) electrons. The summed E-state index contributed by atoms with van der Waals surface area (Å²) in [4.78, 5) is 0. The third-order valence-electron chi connectivity index (χ3n) is 15.6. The van der Waals surface area contributed by atoms with Gasteiger partial charge in [-0.1, -0.05) is 57.9 Å². The van der Waals surface area contributed by atoms with Crippen LogP contribution in [-0.4, -0.2) is 128 Å². The van der Waals surface area contributed by atoms with Crippen molar-refractivity contribution in [3.8, 4) is 0 Å². The Labute approximate surface area is 321 Å². The molecule has 0 aromatic carbocycles. The topological polar surface area (TPSA) is 199 Å². The van der Waals surface area contributed by atoms with Crippen molar-refractivity contribution in [3.05, 3.63) is 23.3 Å². The molecule has 2 heterocycles. The van der Waals surface area contributed by atoms with Gasteiger partial charge in [0.15, 0.2) is 12.6 Å². The fourth-order valence-electron chi connectivity index (χ4n) is 12.9. The number of rotatable bonds is 9. The van der Waals surface area contributed by atoms with Gasteiger partial charge >= 0.3 is 0 Å². The zero-order valence-corrected chi connectivity index (χ0v) is 33.6. The molecular formula is C42H70O12. The van der Waals surface area contributed by atoms with Crippen LogP contribution < -0.4 is 0 Å². The molecule has 0 aromatic heterocycles. The molecule has 2 aliphatic heterocycles. The van der Waals surface area contributed by atoms with E-state index in [4.69, 9.17) is 18.9 Å². The van der Waals surface area contributed by atoms with Crippen molar-refractivity contribution in [1.82, 2.24) is 0 Å². The highest BCUT2D eigenvalue weighted by molar-refractivity contribution is 5.21. The second kappa shape index (κ2) is 16.0. The average molecular weight is 767 g/mol. The number of fused-ring (bicyclic) bond motifs is 5. The fraction of sp³-hybridized carbons (Fsp3) is 0.905. The molecule has 20 atom stereocenters. The van der Waals surface area contributed by atoms with E-state index in [-0.39, 0.29) is 34.9 Å². The Hall–Kier alpha value is -1.00. The highest BCUT2D eigenvalue weighted by Crippen LogP contribution is 2.72. The second-order valence-corrected chi connectivity index (χ2v) is 19.3. The van der Waals surface area contributed by atoms with Gasteiger partial charge in [0.2, 0.25) is 0 Å². The van der Waals surface area contributed by atoms with Crippen molar-refractivity contribution >= 4 is 0 Å². The summed E-state index contributed by atoms with van der Waals surface area (Å²) in [5.74, 6) is 2.09. The maximum absolute atomic E-state index is 12.1. The van der Waals surface area contributed by atoms with Gasteiger partial charge < -0.3 is 59.8 Å². The van der Waals surface area contributed by atoms with E-state index < -0.39 is 80.0 Å². The molecule has 0 aromatic rings. The predicted octanol–water partition coefficient (Wildman–Crippen LogP) is 2.81. The largest absolute Gasteiger partial charge is 0.394 e. The van der Waals surface area contributed by atoms with Gasteiger partial charge in [-0.25, -0.2) is 0 Å². The number of hydrogen-bond donors (Lipinski definition) is 8. The van der Waals surface area contributed by atoms with E-state index >= 15 is 0 Å². The summed E-state index contributed by atoms with van der Waals surface area (Å²) in [6.07, 6.45) is -4.62. The van der Waals surface area contributed by atoms with E-state index in [2.05, 4.69) is 67.5 Å². The summed E-state index contributed by atoms with van der Waals surface area (Å²) < 4.78 is 24.4. The Morgan fingerprint density at radius 2 is 1.31 bits per heavy atom. The lowest BCUT2D eigenvalue weighted by Crippen LogP contribution is -2.66. The van der Waals surface area contributed by atoms with Crippen LogP contribution in [-0.2, 0) is 18.9 Å².